The molecule has 0 bridgehead atoms. The van der Waals surface area contributed by atoms with Gasteiger partial charge in [-0.15, -0.1) is 0 Å². The molecule has 2 atom stereocenters. The molecule has 0 aliphatic carbocycles. The fraction of sp³-hybridized carbons (Fsp3) is 0.600. The summed E-state index contributed by atoms with van der Waals surface area (Å²) >= 11 is 0. The van der Waals surface area contributed by atoms with Gasteiger partial charge in [0.1, 0.15) is 12.1 Å². The molecular formula is C35H53N3O2. The molecule has 40 heavy (non-hydrogen) atoms. The van der Waals surface area contributed by atoms with Gasteiger partial charge in [-0.25, -0.2) is 0 Å². The van der Waals surface area contributed by atoms with Crippen LogP contribution in [0.5, 0.6) is 0 Å². The minimum Gasteiger partial charge on any atom is -0.329 e. The Morgan fingerprint density at radius 3 is 2.08 bits per heavy atom. The molecule has 3 rings (SSSR count). The zero-order valence-electron chi connectivity index (χ0n) is 25.6. The van der Waals surface area contributed by atoms with E-state index in [-0.39, 0.29) is 17.9 Å². The monoisotopic (exact) mass is 547 g/mol. The van der Waals surface area contributed by atoms with Gasteiger partial charge in [-0.3, -0.25) is 9.59 Å². The highest BCUT2D eigenvalue weighted by Crippen LogP contribution is 2.26. The molecule has 220 valence electrons. The van der Waals surface area contributed by atoms with Gasteiger partial charge in [-0.2, -0.15) is 0 Å². The molecule has 0 radical (unpaired) electrons. The van der Waals surface area contributed by atoms with Crippen molar-refractivity contribution in [2.24, 2.45) is 0 Å². The van der Waals surface area contributed by atoms with Crippen molar-refractivity contribution >= 4 is 11.8 Å². The molecule has 2 aromatic carbocycles. The summed E-state index contributed by atoms with van der Waals surface area (Å²) in [6.07, 6.45) is 11.9. The van der Waals surface area contributed by atoms with Gasteiger partial charge in [-0.1, -0.05) is 114 Å². The number of carbonyl (C=O) groups excluding carboxylic acids is 2. The third kappa shape index (κ3) is 9.19. The van der Waals surface area contributed by atoms with E-state index in [0.29, 0.717) is 19.5 Å². The van der Waals surface area contributed by atoms with E-state index < -0.39 is 6.04 Å². The van der Waals surface area contributed by atoms with Crippen LogP contribution >= 0.6 is 0 Å². The second-order valence-electron chi connectivity index (χ2n) is 11.5. The van der Waals surface area contributed by atoms with E-state index in [4.69, 9.17) is 0 Å². The molecule has 2 aromatic rings. The lowest BCUT2D eigenvalue weighted by atomic mass is 9.95. The van der Waals surface area contributed by atoms with Crippen LogP contribution in [0.4, 0.5) is 0 Å². The first-order valence-corrected chi connectivity index (χ1v) is 16.0. The first-order chi connectivity index (χ1) is 19.5. The maximum Gasteiger partial charge on any atom is 0.246 e. The Hall–Kier alpha value is -2.66. The molecule has 1 aliphatic heterocycles. The Balaban J connectivity index is 1.71. The average molecular weight is 548 g/mol. The Morgan fingerprint density at radius 2 is 1.35 bits per heavy atom. The molecule has 1 fully saturated rings. The van der Waals surface area contributed by atoms with E-state index in [1.165, 1.54) is 49.7 Å². The lowest BCUT2D eigenvalue weighted by Crippen LogP contribution is -2.64. The lowest BCUT2D eigenvalue weighted by molar-refractivity contribution is -0.161. The van der Waals surface area contributed by atoms with E-state index in [0.717, 1.165) is 49.9 Å². The predicted molar refractivity (Wildman–Crippen MR) is 167 cm³/mol. The standard InChI is InChI=1S/C35H53N3O2/c1-5-8-11-12-13-14-24-37-28(4)34(39)38(23-10-7-3)33(35(37)40)26-30-16-15-17-32(25-30)31-20-18-29(19-21-31)27-36-22-9-6-2/h15-21,25,28,33,36H,5-14,22-24,26-27H2,1-4H3/t28-,33+/m0/s1. The van der Waals surface area contributed by atoms with Crippen LogP contribution in [0.25, 0.3) is 11.1 Å². The molecule has 5 nitrogen and oxygen atoms in total. The normalized spacial score (nSPS) is 17.6. The van der Waals surface area contributed by atoms with Crippen LogP contribution in [0, 0.1) is 0 Å². The van der Waals surface area contributed by atoms with E-state index in [9.17, 15) is 9.59 Å². The van der Waals surface area contributed by atoms with Crippen LogP contribution < -0.4 is 5.32 Å². The summed E-state index contributed by atoms with van der Waals surface area (Å²) in [6.45, 7) is 11.7. The van der Waals surface area contributed by atoms with Crippen molar-refractivity contribution < 1.29 is 9.59 Å². The molecule has 0 aromatic heterocycles. The summed E-state index contributed by atoms with van der Waals surface area (Å²) in [4.78, 5) is 31.1. The summed E-state index contributed by atoms with van der Waals surface area (Å²) in [5, 5.41) is 3.51. The second-order valence-corrected chi connectivity index (χ2v) is 11.5. The first kappa shape index (κ1) is 31.9. The van der Waals surface area contributed by atoms with Crippen LogP contribution in [0.1, 0.15) is 103 Å². The predicted octanol–water partition coefficient (Wildman–Crippen LogP) is 7.37. The van der Waals surface area contributed by atoms with E-state index in [2.05, 4.69) is 74.6 Å². The Bertz CT molecular complexity index is 1040. The highest BCUT2D eigenvalue weighted by atomic mass is 16.2. The summed E-state index contributed by atoms with van der Waals surface area (Å²) < 4.78 is 0. The number of carbonyl (C=O) groups is 2. The summed E-state index contributed by atoms with van der Waals surface area (Å²) in [7, 11) is 0. The largest absolute Gasteiger partial charge is 0.329 e. The molecule has 2 amide bonds. The molecule has 5 heteroatoms. The minimum absolute atomic E-state index is 0.100. The quantitative estimate of drug-likeness (QED) is 0.198. The van der Waals surface area contributed by atoms with Crippen LogP contribution in [-0.4, -0.2) is 53.3 Å². The number of unbranched alkanes of at least 4 members (excludes halogenated alkanes) is 7. The SMILES string of the molecule is CCCCCCCCN1C(=O)[C@@H](Cc2cccc(-c3ccc(CNCCCC)cc3)c2)N(CCCC)C(=O)[C@@H]1C. The molecular weight excluding hydrogens is 494 g/mol. The number of rotatable bonds is 18. The zero-order chi connectivity index (χ0) is 28.7. The Morgan fingerprint density at radius 1 is 0.675 bits per heavy atom. The summed E-state index contributed by atoms with van der Waals surface area (Å²) in [6, 6.07) is 16.4. The van der Waals surface area contributed by atoms with Crippen LogP contribution in [-0.2, 0) is 22.6 Å². The van der Waals surface area contributed by atoms with Gasteiger partial charge in [-0.05, 0) is 55.0 Å². The zero-order valence-corrected chi connectivity index (χ0v) is 25.6. The van der Waals surface area contributed by atoms with Gasteiger partial charge < -0.3 is 15.1 Å². The highest BCUT2D eigenvalue weighted by Gasteiger charge is 2.43. The molecule has 1 saturated heterocycles. The smallest absolute Gasteiger partial charge is 0.246 e. The van der Waals surface area contributed by atoms with Crippen molar-refractivity contribution in [3.63, 3.8) is 0 Å². The number of nitrogens with one attached hydrogen (secondary N) is 1. The number of hydrogen-bond donors (Lipinski definition) is 1. The first-order valence-electron chi connectivity index (χ1n) is 16.0. The summed E-state index contributed by atoms with van der Waals surface area (Å²) in [5.41, 5.74) is 4.71. The van der Waals surface area contributed by atoms with Gasteiger partial charge in [0.15, 0.2) is 0 Å². The van der Waals surface area contributed by atoms with Crippen molar-refractivity contribution in [2.75, 3.05) is 19.6 Å². The number of piperazine rings is 1. The number of benzene rings is 2. The second kappa shape index (κ2) is 17.2. The molecule has 0 spiro atoms. The fourth-order valence-corrected chi connectivity index (χ4v) is 5.65. The average Bonchev–Trinajstić information content (AvgIpc) is 2.97. The lowest BCUT2D eigenvalue weighted by Gasteiger charge is -2.44. The molecule has 0 unspecified atom stereocenters. The number of nitrogens with zero attached hydrogens (tertiary/aromatic N) is 2. The molecule has 1 aliphatic rings. The van der Waals surface area contributed by atoms with E-state index in [1.807, 2.05) is 16.7 Å². The molecule has 0 saturated carbocycles. The molecule has 1 heterocycles. The molecule has 1 N–H and O–H groups in total. The van der Waals surface area contributed by atoms with Crippen LogP contribution in [0.2, 0.25) is 0 Å². The van der Waals surface area contributed by atoms with Gasteiger partial charge in [0.2, 0.25) is 11.8 Å². The van der Waals surface area contributed by atoms with Crippen molar-refractivity contribution in [3.05, 3.63) is 59.7 Å². The number of amides is 2. The minimum atomic E-state index is -0.429. The summed E-state index contributed by atoms with van der Waals surface area (Å²) in [5.74, 6) is 0.213. The van der Waals surface area contributed by atoms with Crippen LogP contribution in [0.15, 0.2) is 48.5 Å². The van der Waals surface area contributed by atoms with Gasteiger partial charge in [0.25, 0.3) is 0 Å². The highest BCUT2D eigenvalue weighted by molar-refractivity contribution is 5.97. The van der Waals surface area contributed by atoms with Crippen molar-refractivity contribution in [2.45, 2.75) is 117 Å². The Kier molecular flexibility index (Phi) is 13.7. The van der Waals surface area contributed by atoms with Crippen molar-refractivity contribution in [3.8, 4) is 11.1 Å². The van der Waals surface area contributed by atoms with Gasteiger partial charge in [0.05, 0.1) is 0 Å². The third-order valence-corrected chi connectivity index (χ3v) is 8.24. The van der Waals surface area contributed by atoms with E-state index in [1.54, 1.807) is 0 Å². The maximum absolute atomic E-state index is 13.9. The maximum atomic E-state index is 13.9. The Labute approximate surface area is 243 Å². The van der Waals surface area contributed by atoms with Crippen molar-refractivity contribution in [1.82, 2.24) is 15.1 Å². The number of hydrogen-bond acceptors (Lipinski definition) is 3. The van der Waals surface area contributed by atoms with E-state index >= 15 is 0 Å². The fourth-order valence-electron chi connectivity index (χ4n) is 5.65. The topological polar surface area (TPSA) is 52.7 Å². The third-order valence-electron chi connectivity index (χ3n) is 8.24. The van der Waals surface area contributed by atoms with Gasteiger partial charge >= 0.3 is 0 Å². The van der Waals surface area contributed by atoms with Crippen LogP contribution in [0.3, 0.4) is 0 Å². The van der Waals surface area contributed by atoms with Crippen molar-refractivity contribution in [1.29, 1.82) is 0 Å². The van der Waals surface area contributed by atoms with Gasteiger partial charge in [0, 0.05) is 26.1 Å².